The van der Waals surface area contributed by atoms with E-state index in [1.165, 1.54) is 38.9 Å². The summed E-state index contributed by atoms with van der Waals surface area (Å²) >= 11 is 0. The minimum absolute atomic E-state index is 1.23. The molecule has 0 fully saturated rings. The molecule has 0 bridgehead atoms. The minimum Gasteiger partial charge on any atom is -0.201 e. The first-order valence-electron chi connectivity index (χ1n) is 8.58. The topological polar surface area (TPSA) is 7.76 Å². The third-order valence-corrected chi connectivity index (χ3v) is 4.94. The van der Waals surface area contributed by atoms with Gasteiger partial charge in [-0.1, -0.05) is 24.3 Å². The highest BCUT2D eigenvalue weighted by Crippen LogP contribution is 2.29. The zero-order valence-electron chi connectivity index (χ0n) is 14.9. The molecule has 2 nitrogen and oxygen atoms in total. The van der Waals surface area contributed by atoms with Gasteiger partial charge in [-0.15, -0.1) is 0 Å². The number of aromatic nitrogens is 2. The molecule has 25 heavy (non-hydrogen) atoms. The van der Waals surface area contributed by atoms with Crippen molar-refractivity contribution in [2.45, 2.75) is 6.92 Å². The van der Waals surface area contributed by atoms with Gasteiger partial charge in [0.1, 0.15) is 14.1 Å². The predicted octanol–water partition coefficient (Wildman–Crippen LogP) is 4.13. The molecule has 2 aromatic carbocycles. The van der Waals surface area contributed by atoms with Crippen LogP contribution in [0.4, 0.5) is 0 Å². The largest absolute Gasteiger partial charge is 0.213 e. The summed E-state index contributed by atoms with van der Waals surface area (Å²) in [6, 6.07) is 23.7. The molecule has 122 valence electrons. The van der Waals surface area contributed by atoms with E-state index in [4.69, 9.17) is 0 Å². The van der Waals surface area contributed by atoms with Crippen molar-refractivity contribution < 1.29 is 9.13 Å². The van der Waals surface area contributed by atoms with E-state index in [1.807, 2.05) is 0 Å². The van der Waals surface area contributed by atoms with Crippen LogP contribution in [0.2, 0.25) is 0 Å². The molecule has 2 heteroatoms. The lowest BCUT2D eigenvalue weighted by atomic mass is 9.96. The summed E-state index contributed by atoms with van der Waals surface area (Å²) in [6.45, 7) is 2.22. The first kappa shape index (κ1) is 15.5. The summed E-state index contributed by atoms with van der Waals surface area (Å²) < 4.78 is 4.39. The maximum Gasteiger partial charge on any atom is 0.213 e. The summed E-state index contributed by atoms with van der Waals surface area (Å²) in [7, 11) is 4.22. The van der Waals surface area contributed by atoms with Gasteiger partial charge in [0.15, 0.2) is 12.4 Å². The van der Waals surface area contributed by atoms with Gasteiger partial charge in [-0.2, -0.15) is 0 Å². The van der Waals surface area contributed by atoms with Gasteiger partial charge in [0.05, 0.1) is 0 Å². The number of rotatable bonds is 2. The molecule has 0 amide bonds. The predicted molar refractivity (Wildman–Crippen MR) is 102 cm³/mol. The molecule has 0 radical (unpaired) electrons. The van der Waals surface area contributed by atoms with E-state index in [9.17, 15) is 0 Å². The van der Waals surface area contributed by atoms with Crippen LogP contribution >= 0.6 is 0 Å². The number of benzene rings is 2. The number of hydrogen-bond donors (Lipinski definition) is 0. The van der Waals surface area contributed by atoms with E-state index >= 15 is 0 Å². The molecule has 2 aromatic heterocycles. The summed E-state index contributed by atoms with van der Waals surface area (Å²) in [5.41, 5.74) is 6.31. The van der Waals surface area contributed by atoms with Crippen LogP contribution < -0.4 is 9.13 Å². The fraction of sp³-hybridized carbons (Fsp3) is 0.130. The Morgan fingerprint density at radius 1 is 0.640 bits per heavy atom. The second-order valence-corrected chi connectivity index (χ2v) is 6.57. The standard InChI is InChI=1S/C23H22N2/c1-17-20(22-13-6-7-14-24(22)2)11-8-12-21(17)23-15-18-9-4-5-10-19(18)16-25(23)3/h4-16H,1-3H3/q+2. The van der Waals surface area contributed by atoms with Crippen molar-refractivity contribution in [3.05, 3.63) is 84.7 Å². The summed E-state index contributed by atoms with van der Waals surface area (Å²) in [5.74, 6) is 0. The van der Waals surface area contributed by atoms with Gasteiger partial charge in [-0.3, -0.25) is 0 Å². The number of aryl methyl sites for hydroxylation is 2. The Kier molecular flexibility index (Phi) is 3.81. The lowest BCUT2D eigenvalue weighted by Gasteiger charge is -2.10. The molecular formula is C23H22N2+2. The van der Waals surface area contributed by atoms with Crippen molar-refractivity contribution >= 4 is 10.8 Å². The van der Waals surface area contributed by atoms with Crippen LogP contribution in [-0.4, -0.2) is 0 Å². The molecular weight excluding hydrogens is 304 g/mol. The van der Waals surface area contributed by atoms with E-state index in [0.29, 0.717) is 0 Å². The molecule has 0 aliphatic rings. The maximum absolute atomic E-state index is 2.28. The highest BCUT2D eigenvalue weighted by atomic mass is 14.9. The van der Waals surface area contributed by atoms with Gasteiger partial charge in [0.25, 0.3) is 0 Å². The minimum atomic E-state index is 1.23. The molecule has 0 N–H and O–H groups in total. The van der Waals surface area contributed by atoms with Crippen LogP contribution in [0.15, 0.2) is 79.1 Å². The first-order valence-corrected chi connectivity index (χ1v) is 8.58. The van der Waals surface area contributed by atoms with Gasteiger partial charge in [0, 0.05) is 34.7 Å². The second kappa shape index (κ2) is 6.14. The van der Waals surface area contributed by atoms with E-state index in [2.05, 4.69) is 109 Å². The zero-order chi connectivity index (χ0) is 17.4. The smallest absolute Gasteiger partial charge is 0.201 e. The normalized spacial score (nSPS) is 11.0. The summed E-state index contributed by atoms with van der Waals surface area (Å²) in [4.78, 5) is 0. The molecule has 0 aliphatic heterocycles. The van der Waals surface area contributed by atoms with Gasteiger partial charge in [0.2, 0.25) is 11.4 Å². The number of nitrogens with zero attached hydrogens (tertiary/aromatic N) is 2. The highest BCUT2D eigenvalue weighted by Gasteiger charge is 2.19. The molecule has 0 spiro atoms. The lowest BCUT2D eigenvalue weighted by molar-refractivity contribution is -0.660. The molecule has 0 saturated carbocycles. The van der Waals surface area contributed by atoms with E-state index in [-0.39, 0.29) is 0 Å². The van der Waals surface area contributed by atoms with Crippen LogP contribution in [0.5, 0.6) is 0 Å². The van der Waals surface area contributed by atoms with Crippen molar-refractivity contribution in [1.82, 2.24) is 0 Å². The molecule has 0 atom stereocenters. The van der Waals surface area contributed by atoms with Crippen molar-refractivity contribution in [2.24, 2.45) is 14.1 Å². The Morgan fingerprint density at radius 2 is 1.32 bits per heavy atom. The van der Waals surface area contributed by atoms with Gasteiger partial charge in [-0.05, 0) is 42.1 Å². The fourth-order valence-electron chi connectivity index (χ4n) is 3.55. The second-order valence-electron chi connectivity index (χ2n) is 6.57. The number of hydrogen-bond acceptors (Lipinski definition) is 0. The van der Waals surface area contributed by atoms with E-state index < -0.39 is 0 Å². The monoisotopic (exact) mass is 326 g/mol. The Hall–Kier alpha value is -3.00. The Labute approximate surface area is 148 Å². The van der Waals surface area contributed by atoms with Crippen LogP contribution in [0.1, 0.15) is 5.56 Å². The maximum atomic E-state index is 2.28. The third kappa shape index (κ3) is 2.70. The van der Waals surface area contributed by atoms with Crippen LogP contribution in [0.25, 0.3) is 33.3 Å². The number of pyridine rings is 2. The highest BCUT2D eigenvalue weighted by molar-refractivity contribution is 5.85. The molecule has 2 heterocycles. The number of fused-ring (bicyclic) bond motifs is 1. The SMILES string of the molecule is Cc1c(-c2cccc[n+]2C)cccc1-c1cc2ccccc2c[n+]1C. The Balaban J connectivity index is 1.94. The molecule has 0 unspecified atom stereocenters. The van der Waals surface area contributed by atoms with E-state index in [0.717, 1.165) is 0 Å². The summed E-state index contributed by atoms with van der Waals surface area (Å²) in [5, 5.41) is 2.53. The van der Waals surface area contributed by atoms with Crippen molar-refractivity contribution in [2.75, 3.05) is 0 Å². The van der Waals surface area contributed by atoms with Crippen LogP contribution in [0.3, 0.4) is 0 Å². The Morgan fingerprint density at radius 3 is 2.08 bits per heavy atom. The van der Waals surface area contributed by atoms with Gasteiger partial charge >= 0.3 is 0 Å². The van der Waals surface area contributed by atoms with E-state index in [1.54, 1.807) is 0 Å². The first-order chi connectivity index (χ1) is 12.1. The van der Waals surface area contributed by atoms with Gasteiger partial charge in [-0.25, -0.2) is 9.13 Å². The fourth-order valence-corrected chi connectivity index (χ4v) is 3.55. The average molecular weight is 326 g/mol. The average Bonchev–Trinajstić information content (AvgIpc) is 2.62. The van der Waals surface area contributed by atoms with Crippen LogP contribution in [-0.2, 0) is 14.1 Å². The van der Waals surface area contributed by atoms with Gasteiger partial charge < -0.3 is 0 Å². The Bertz CT molecular complexity index is 1080. The zero-order valence-corrected chi connectivity index (χ0v) is 14.9. The van der Waals surface area contributed by atoms with Crippen molar-refractivity contribution in [3.8, 4) is 22.5 Å². The quantitative estimate of drug-likeness (QED) is 0.489. The molecule has 4 aromatic rings. The molecule has 0 saturated heterocycles. The molecule has 0 aliphatic carbocycles. The third-order valence-electron chi connectivity index (χ3n) is 4.94. The van der Waals surface area contributed by atoms with Crippen molar-refractivity contribution in [1.29, 1.82) is 0 Å². The molecule has 4 rings (SSSR count). The summed E-state index contributed by atoms with van der Waals surface area (Å²) in [6.07, 6.45) is 4.30. The van der Waals surface area contributed by atoms with Crippen LogP contribution in [0, 0.1) is 6.92 Å². The lowest BCUT2D eigenvalue weighted by Crippen LogP contribution is -2.31. The van der Waals surface area contributed by atoms with Crippen molar-refractivity contribution in [3.63, 3.8) is 0 Å².